The average molecular weight is 592 g/mol. The lowest BCUT2D eigenvalue weighted by molar-refractivity contribution is -0.139. The number of nitrogens with zero attached hydrogens (tertiary/aromatic N) is 2. The molecule has 3 aromatic carbocycles. The summed E-state index contributed by atoms with van der Waals surface area (Å²) in [4.78, 5) is 29.2. The average Bonchev–Trinajstić information content (AvgIpc) is 2.98. The van der Waals surface area contributed by atoms with Crippen LogP contribution in [0.5, 0.6) is 5.75 Å². The van der Waals surface area contributed by atoms with E-state index in [1.807, 2.05) is 44.2 Å². The third kappa shape index (κ3) is 7.70. The summed E-state index contributed by atoms with van der Waals surface area (Å²) >= 11 is 0. The molecule has 0 radical (unpaired) electrons. The van der Waals surface area contributed by atoms with Crippen molar-refractivity contribution < 1.29 is 22.7 Å². The highest BCUT2D eigenvalue weighted by molar-refractivity contribution is 7.92. The van der Waals surface area contributed by atoms with Crippen LogP contribution in [-0.4, -0.2) is 50.9 Å². The summed E-state index contributed by atoms with van der Waals surface area (Å²) in [6.07, 6.45) is 5.12. The first-order chi connectivity index (χ1) is 20.1. The van der Waals surface area contributed by atoms with E-state index in [0.29, 0.717) is 11.4 Å². The fraction of sp³-hybridized carbons (Fsp3) is 0.394. The predicted octanol–water partition coefficient (Wildman–Crippen LogP) is 5.37. The van der Waals surface area contributed by atoms with E-state index < -0.39 is 28.5 Å². The Bertz CT molecular complexity index is 1470. The van der Waals surface area contributed by atoms with Crippen LogP contribution < -0.4 is 14.4 Å². The zero-order valence-corrected chi connectivity index (χ0v) is 25.7. The van der Waals surface area contributed by atoms with Crippen LogP contribution >= 0.6 is 0 Å². The van der Waals surface area contributed by atoms with Gasteiger partial charge in [-0.15, -0.1) is 0 Å². The monoisotopic (exact) mass is 591 g/mol. The lowest BCUT2D eigenvalue weighted by Crippen LogP contribution is -2.53. The molecule has 9 heteroatoms. The fourth-order valence-electron chi connectivity index (χ4n) is 5.46. The Morgan fingerprint density at radius 3 is 2.24 bits per heavy atom. The van der Waals surface area contributed by atoms with Crippen LogP contribution in [0.25, 0.3) is 0 Å². The number of ether oxygens (including phenoxy) is 1. The Morgan fingerprint density at radius 1 is 0.929 bits per heavy atom. The molecule has 42 heavy (non-hydrogen) atoms. The number of anilines is 1. The molecule has 1 aliphatic carbocycles. The summed E-state index contributed by atoms with van der Waals surface area (Å²) in [7, 11) is -2.54. The van der Waals surface area contributed by atoms with E-state index in [9.17, 15) is 18.0 Å². The molecule has 1 fully saturated rings. The van der Waals surface area contributed by atoms with Gasteiger partial charge >= 0.3 is 0 Å². The summed E-state index contributed by atoms with van der Waals surface area (Å²) < 4.78 is 34.5. The highest BCUT2D eigenvalue weighted by Gasteiger charge is 2.33. The molecular weight excluding hydrogens is 550 g/mol. The van der Waals surface area contributed by atoms with Gasteiger partial charge in [0.2, 0.25) is 11.8 Å². The molecule has 4 rings (SSSR count). The predicted molar refractivity (Wildman–Crippen MR) is 165 cm³/mol. The van der Waals surface area contributed by atoms with Gasteiger partial charge in [-0.05, 0) is 86.7 Å². The van der Waals surface area contributed by atoms with Gasteiger partial charge in [-0.3, -0.25) is 13.9 Å². The van der Waals surface area contributed by atoms with E-state index in [-0.39, 0.29) is 23.4 Å². The van der Waals surface area contributed by atoms with Gasteiger partial charge in [0, 0.05) is 12.6 Å². The minimum absolute atomic E-state index is 0.0766. The first kappa shape index (κ1) is 31.1. The van der Waals surface area contributed by atoms with Crippen LogP contribution in [0.2, 0.25) is 0 Å². The number of methoxy groups -OCH3 is 1. The second kappa shape index (κ2) is 13.9. The number of carbonyl (C=O) groups excluding carboxylic acids is 2. The summed E-state index contributed by atoms with van der Waals surface area (Å²) in [5.41, 5.74) is 2.91. The number of sulfonamides is 1. The number of amides is 2. The van der Waals surface area contributed by atoms with Crippen LogP contribution in [0.15, 0.2) is 77.7 Å². The van der Waals surface area contributed by atoms with E-state index in [4.69, 9.17) is 4.74 Å². The van der Waals surface area contributed by atoms with Crippen molar-refractivity contribution in [3.8, 4) is 5.75 Å². The Kier molecular flexibility index (Phi) is 10.3. The highest BCUT2D eigenvalue weighted by atomic mass is 32.2. The molecule has 0 spiro atoms. The van der Waals surface area contributed by atoms with Crippen LogP contribution in [0, 0.1) is 13.8 Å². The summed E-state index contributed by atoms with van der Waals surface area (Å²) in [5.74, 6) is -0.104. The van der Waals surface area contributed by atoms with Gasteiger partial charge in [0.15, 0.2) is 0 Å². The van der Waals surface area contributed by atoms with Gasteiger partial charge in [0.25, 0.3) is 10.0 Å². The molecule has 0 aromatic heterocycles. The van der Waals surface area contributed by atoms with Gasteiger partial charge < -0.3 is 15.0 Å². The number of hydrogen-bond acceptors (Lipinski definition) is 5. The van der Waals surface area contributed by atoms with E-state index in [1.54, 1.807) is 44.4 Å². The van der Waals surface area contributed by atoms with Crippen LogP contribution in [0.1, 0.15) is 55.7 Å². The Balaban J connectivity index is 1.70. The smallest absolute Gasteiger partial charge is 0.264 e. The zero-order chi connectivity index (χ0) is 30.3. The van der Waals surface area contributed by atoms with Crippen molar-refractivity contribution in [2.45, 2.75) is 76.4 Å². The van der Waals surface area contributed by atoms with Crippen molar-refractivity contribution in [2.24, 2.45) is 0 Å². The van der Waals surface area contributed by atoms with Gasteiger partial charge in [-0.1, -0.05) is 55.7 Å². The lowest BCUT2D eigenvalue weighted by atomic mass is 9.95. The SMILES string of the molecule is COc1cccc(CN(C(=O)CN(c2cc(C)cc(C)c2)S(=O)(=O)c2ccccc2)C(C)C(=O)NC2CCCCC2)c1. The van der Waals surface area contributed by atoms with Crippen LogP contribution in [0.4, 0.5) is 5.69 Å². The first-order valence-corrected chi connectivity index (χ1v) is 15.9. The minimum atomic E-state index is -4.10. The van der Waals surface area contributed by atoms with E-state index in [2.05, 4.69) is 5.32 Å². The Morgan fingerprint density at radius 2 is 1.60 bits per heavy atom. The second-order valence-corrected chi connectivity index (χ2v) is 12.9. The number of rotatable bonds is 11. The molecule has 1 unspecified atom stereocenters. The zero-order valence-electron chi connectivity index (χ0n) is 24.9. The highest BCUT2D eigenvalue weighted by Crippen LogP contribution is 2.27. The van der Waals surface area contributed by atoms with Crippen molar-refractivity contribution in [1.29, 1.82) is 0 Å². The molecule has 0 heterocycles. The van der Waals surface area contributed by atoms with Crippen molar-refractivity contribution in [2.75, 3.05) is 18.0 Å². The normalized spacial score (nSPS) is 14.6. The third-order valence-electron chi connectivity index (χ3n) is 7.71. The van der Waals surface area contributed by atoms with Crippen molar-refractivity contribution >= 4 is 27.5 Å². The number of carbonyl (C=O) groups is 2. The molecule has 1 saturated carbocycles. The first-order valence-electron chi connectivity index (χ1n) is 14.5. The van der Waals surface area contributed by atoms with Crippen molar-refractivity contribution in [3.63, 3.8) is 0 Å². The molecule has 224 valence electrons. The number of nitrogens with one attached hydrogen (secondary N) is 1. The molecule has 0 aliphatic heterocycles. The van der Waals surface area contributed by atoms with Crippen molar-refractivity contribution in [3.05, 3.63) is 89.5 Å². The van der Waals surface area contributed by atoms with Gasteiger partial charge in [0.05, 0.1) is 17.7 Å². The van der Waals surface area contributed by atoms with Gasteiger partial charge in [0.1, 0.15) is 18.3 Å². The molecule has 1 N–H and O–H groups in total. The largest absolute Gasteiger partial charge is 0.497 e. The van der Waals surface area contributed by atoms with Crippen LogP contribution in [0.3, 0.4) is 0 Å². The van der Waals surface area contributed by atoms with E-state index in [1.165, 1.54) is 17.0 Å². The molecule has 8 nitrogen and oxygen atoms in total. The number of aryl methyl sites for hydroxylation is 2. The molecular formula is C33H41N3O5S. The molecule has 2 amide bonds. The third-order valence-corrected chi connectivity index (χ3v) is 9.50. The maximum atomic E-state index is 14.2. The van der Waals surface area contributed by atoms with Crippen molar-refractivity contribution in [1.82, 2.24) is 10.2 Å². The second-order valence-electron chi connectivity index (χ2n) is 11.1. The molecule has 1 atom stereocenters. The molecule has 3 aromatic rings. The molecule has 0 bridgehead atoms. The summed E-state index contributed by atoms with van der Waals surface area (Å²) in [5, 5.41) is 3.13. The topological polar surface area (TPSA) is 96.0 Å². The quantitative estimate of drug-likeness (QED) is 0.323. The molecule has 0 saturated heterocycles. The number of hydrogen-bond donors (Lipinski definition) is 1. The van der Waals surface area contributed by atoms with E-state index in [0.717, 1.165) is 53.1 Å². The summed E-state index contributed by atoms with van der Waals surface area (Å²) in [6, 6.07) is 20.1. The molecule has 1 aliphatic rings. The van der Waals surface area contributed by atoms with Gasteiger partial charge in [-0.25, -0.2) is 8.42 Å². The number of benzene rings is 3. The summed E-state index contributed by atoms with van der Waals surface area (Å²) in [6.45, 7) is 5.12. The Hall–Kier alpha value is -3.85. The maximum absolute atomic E-state index is 14.2. The maximum Gasteiger partial charge on any atom is 0.264 e. The standard InChI is InChI=1S/C33H41N3O5S/c1-24-18-25(2)20-29(19-24)36(42(39,40)31-16-9-6-10-17-31)23-32(37)35(22-27-12-11-15-30(21-27)41-4)26(3)33(38)34-28-13-7-5-8-14-28/h6,9-12,15-21,26,28H,5,7-8,13-14,22-23H2,1-4H3,(H,34,38). The van der Waals surface area contributed by atoms with Crippen LogP contribution in [-0.2, 0) is 26.2 Å². The fourth-order valence-corrected chi connectivity index (χ4v) is 6.88. The lowest BCUT2D eigenvalue weighted by Gasteiger charge is -2.33. The Labute approximate surface area is 249 Å². The van der Waals surface area contributed by atoms with E-state index >= 15 is 0 Å². The minimum Gasteiger partial charge on any atom is -0.497 e. The van der Waals surface area contributed by atoms with Gasteiger partial charge in [-0.2, -0.15) is 0 Å².